The number of halogens is 3. The van der Waals surface area contributed by atoms with E-state index in [4.69, 9.17) is 23.2 Å². The summed E-state index contributed by atoms with van der Waals surface area (Å²) in [5.41, 5.74) is 0.505. The zero-order chi connectivity index (χ0) is 10.9. The molecule has 76 valence electrons. The van der Waals surface area contributed by atoms with Crippen LogP contribution in [0.25, 0.3) is 0 Å². The molecular weight excluding hydrogens is 336 g/mol. The summed E-state index contributed by atoms with van der Waals surface area (Å²) in [4.78, 5) is 13.0. The monoisotopic (exact) mass is 343 g/mol. The van der Waals surface area contributed by atoms with E-state index in [9.17, 15) is 4.79 Å². The third-order valence-electron chi connectivity index (χ3n) is 1.64. The first-order valence-electron chi connectivity index (χ1n) is 3.79. The Bertz CT molecular complexity index is 356. The van der Waals surface area contributed by atoms with Gasteiger partial charge in [-0.15, -0.1) is 0 Å². The summed E-state index contributed by atoms with van der Waals surface area (Å²) < 4.78 is 0.765. The van der Waals surface area contributed by atoms with Gasteiger partial charge in [0.15, 0.2) is 0 Å². The summed E-state index contributed by atoms with van der Waals surface area (Å²) in [6, 6.07) is 3.25. The number of carbonyl (C=O) groups excluding carboxylic acids is 1. The Balaban J connectivity index is 3.19. The predicted molar refractivity (Wildman–Crippen MR) is 67.2 cm³/mol. The largest absolute Gasteiger partial charge is 0.345 e. The fourth-order valence-electron chi connectivity index (χ4n) is 0.937. The predicted octanol–water partition coefficient (Wildman–Crippen LogP) is 3.30. The smallest absolute Gasteiger partial charge is 0.253 e. The highest BCUT2D eigenvalue weighted by molar-refractivity contribution is 14.1. The summed E-state index contributed by atoms with van der Waals surface area (Å²) in [6.07, 6.45) is 0. The standard InChI is InChI=1S/C9H8Cl2INO/c1-13(2)9(14)5-3-6(10)8(12)7(11)4-5/h3-4H,1-2H3. The molecular formula is C9H8Cl2INO. The van der Waals surface area contributed by atoms with Crippen LogP contribution in [-0.4, -0.2) is 24.9 Å². The second kappa shape index (κ2) is 4.68. The number of carbonyl (C=O) groups is 1. The van der Waals surface area contributed by atoms with Gasteiger partial charge in [0, 0.05) is 19.7 Å². The van der Waals surface area contributed by atoms with Crippen LogP contribution in [0.15, 0.2) is 12.1 Å². The van der Waals surface area contributed by atoms with Gasteiger partial charge < -0.3 is 4.90 Å². The number of nitrogens with zero attached hydrogens (tertiary/aromatic N) is 1. The highest BCUT2D eigenvalue weighted by Crippen LogP contribution is 2.28. The number of rotatable bonds is 1. The van der Waals surface area contributed by atoms with Crippen LogP contribution in [0.2, 0.25) is 10.0 Å². The molecule has 0 radical (unpaired) electrons. The molecule has 1 rings (SSSR count). The molecule has 0 saturated carbocycles. The molecule has 0 bridgehead atoms. The van der Waals surface area contributed by atoms with Gasteiger partial charge in [-0.05, 0) is 34.7 Å². The van der Waals surface area contributed by atoms with Crippen molar-refractivity contribution in [3.05, 3.63) is 31.3 Å². The van der Waals surface area contributed by atoms with E-state index in [1.165, 1.54) is 4.90 Å². The molecule has 0 aliphatic carbocycles. The average molecular weight is 344 g/mol. The first kappa shape index (κ1) is 12.1. The van der Waals surface area contributed by atoms with E-state index in [1.807, 2.05) is 22.6 Å². The molecule has 0 aliphatic rings. The van der Waals surface area contributed by atoms with E-state index in [1.54, 1.807) is 26.2 Å². The molecule has 0 fully saturated rings. The average Bonchev–Trinajstić information content (AvgIpc) is 2.12. The number of hydrogen-bond acceptors (Lipinski definition) is 1. The van der Waals surface area contributed by atoms with Crippen molar-refractivity contribution in [3.63, 3.8) is 0 Å². The highest BCUT2D eigenvalue weighted by Gasteiger charge is 2.12. The zero-order valence-corrected chi connectivity index (χ0v) is 11.3. The molecule has 1 aromatic rings. The molecule has 0 atom stereocenters. The maximum absolute atomic E-state index is 11.6. The van der Waals surface area contributed by atoms with Crippen LogP contribution in [0.1, 0.15) is 10.4 Å². The number of amides is 1. The molecule has 0 heterocycles. The molecule has 0 N–H and O–H groups in total. The summed E-state index contributed by atoms with van der Waals surface area (Å²) in [6.45, 7) is 0. The Morgan fingerprint density at radius 3 is 2.07 bits per heavy atom. The van der Waals surface area contributed by atoms with Crippen LogP contribution in [0.3, 0.4) is 0 Å². The summed E-state index contributed by atoms with van der Waals surface area (Å²) >= 11 is 13.8. The lowest BCUT2D eigenvalue weighted by Gasteiger charge is -2.11. The molecule has 2 nitrogen and oxygen atoms in total. The van der Waals surface area contributed by atoms with Crippen molar-refractivity contribution in [2.45, 2.75) is 0 Å². The second-order valence-corrected chi connectivity index (χ2v) is 4.85. The van der Waals surface area contributed by atoms with Gasteiger partial charge in [0.05, 0.1) is 13.6 Å². The molecule has 0 spiro atoms. The van der Waals surface area contributed by atoms with Crippen LogP contribution < -0.4 is 0 Å². The van der Waals surface area contributed by atoms with Crippen molar-refractivity contribution in [2.75, 3.05) is 14.1 Å². The number of hydrogen-bond donors (Lipinski definition) is 0. The molecule has 5 heteroatoms. The fraction of sp³-hybridized carbons (Fsp3) is 0.222. The topological polar surface area (TPSA) is 20.3 Å². The van der Waals surface area contributed by atoms with Crippen LogP contribution in [0, 0.1) is 3.57 Å². The Labute approximate surface area is 106 Å². The van der Waals surface area contributed by atoms with E-state index >= 15 is 0 Å². The minimum Gasteiger partial charge on any atom is -0.345 e. The van der Waals surface area contributed by atoms with Crippen LogP contribution >= 0.6 is 45.8 Å². The van der Waals surface area contributed by atoms with Crippen LogP contribution in [0.5, 0.6) is 0 Å². The molecule has 0 aromatic heterocycles. The normalized spacial score (nSPS) is 10.1. The summed E-state index contributed by atoms with van der Waals surface area (Å²) in [7, 11) is 3.37. The Morgan fingerprint density at radius 1 is 1.29 bits per heavy atom. The minimum atomic E-state index is -0.106. The minimum absolute atomic E-state index is 0.106. The van der Waals surface area contributed by atoms with Gasteiger partial charge in [-0.25, -0.2) is 0 Å². The van der Waals surface area contributed by atoms with Crippen molar-refractivity contribution >= 4 is 51.7 Å². The van der Waals surface area contributed by atoms with E-state index in [2.05, 4.69) is 0 Å². The van der Waals surface area contributed by atoms with Crippen LogP contribution in [0.4, 0.5) is 0 Å². The lowest BCUT2D eigenvalue weighted by molar-refractivity contribution is 0.0827. The molecule has 1 amide bonds. The lowest BCUT2D eigenvalue weighted by Crippen LogP contribution is -2.21. The highest BCUT2D eigenvalue weighted by atomic mass is 127. The van der Waals surface area contributed by atoms with Gasteiger partial charge >= 0.3 is 0 Å². The van der Waals surface area contributed by atoms with Gasteiger partial charge in [0.2, 0.25) is 0 Å². The van der Waals surface area contributed by atoms with Crippen molar-refractivity contribution in [2.24, 2.45) is 0 Å². The first-order valence-corrected chi connectivity index (χ1v) is 5.63. The first-order chi connectivity index (χ1) is 6.43. The molecule has 14 heavy (non-hydrogen) atoms. The Hall–Kier alpha value is -0.000000000000000167. The van der Waals surface area contributed by atoms with Gasteiger partial charge in [0.1, 0.15) is 0 Å². The van der Waals surface area contributed by atoms with E-state index < -0.39 is 0 Å². The number of benzene rings is 1. The SMILES string of the molecule is CN(C)C(=O)c1cc(Cl)c(I)c(Cl)c1. The van der Waals surface area contributed by atoms with Crippen LogP contribution in [-0.2, 0) is 0 Å². The van der Waals surface area contributed by atoms with Crippen molar-refractivity contribution in [3.8, 4) is 0 Å². The van der Waals surface area contributed by atoms with Crippen molar-refractivity contribution in [1.82, 2.24) is 4.90 Å². The molecule has 0 unspecified atom stereocenters. The third-order valence-corrected chi connectivity index (χ3v) is 4.03. The van der Waals surface area contributed by atoms with Crippen molar-refractivity contribution < 1.29 is 4.79 Å². The quantitative estimate of drug-likeness (QED) is 0.566. The molecule has 1 aromatic carbocycles. The van der Waals surface area contributed by atoms with E-state index in [-0.39, 0.29) is 5.91 Å². The maximum Gasteiger partial charge on any atom is 0.253 e. The zero-order valence-electron chi connectivity index (χ0n) is 7.64. The van der Waals surface area contributed by atoms with Gasteiger partial charge in [0.25, 0.3) is 5.91 Å². The summed E-state index contributed by atoms with van der Waals surface area (Å²) in [5, 5.41) is 1.01. The van der Waals surface area contributed by atoms with E-state index in [0.717, 1.165) is 3.57 Å². The molecule has 0 saturated heterocycles. The van der Waals surface area contributed by atoms with Gasteiger partial charge in [-0.1, -0.05) is 23.2 Å². The van der Waals surface area contributed by atoms with Crippen molar-refractivity contribution in [1.29, 1.82) is 0 Å². The second-order valence-electron chi connectivity index (χ2n) is 2.95. The van der Waals surface area contributed by atoms with E-state index in [0.29, 0.717) is 15.6 Å². The maximum atomic E-state index is 11.6. The van der Waals surface area contributed by atoms with Gasteiger partial charge in [-0.3, -0.25) is 4.79 Å². The summed E-state index contributed by atoms with van der Waals surface area (Å²) in [5.74, 6) is -0.106. The fourth-order valence-corrected chi connectivity index (χ4v) is 1.74. The van der Waals surface area contributed by atoms with Gasteiger partial charge in [-0.2, -0.15) is 0 Å². The molecule has 0 aliphatic heterocycles. The third kappa shape index (κ3) is 2.52. The Kier molecular flexibility index (Phi) is 4.04. The Morgan fingerprint density at radius 2 is 1.71 bits per heavy atom. The lowest BCUT2D eigenvalue weighted by atomic mass is 10.2.